The van der Waals surface area contributed by atoms with Crippen molar-refractivity contribution in [3.8, 4) is 0 Å². The van der Waals surface area contributed by atoms with Crippen LogP contribution in [-0.2, 0) is 14.3 Å². The second kappa shape index (κ2) is 8.31. The Balaban J connectivity index is 0.00000192. The van der Waals surface area contributed by atoms with Gasteiger partial charge in [0.1, 0.15) is 0 Å². The van der Waals surface area contributed by atoms with Crippen molar-refractivity contribution in [1.82, 2.24) is 15.1 Å². The molecule has 0 spiro atoms. The van der Waals surface area contributed by atoms with Gasteiger partial charge in [0.15, 0.2) is 0 Å². The molecule has 2 heterocycles. The number of carbonyl (C=O) groups excluding carboxylic acids is 2. The van der Waals surface area contributed by atoms with Crippen molar-refractivity contribution in [3.63, 3.8) is 0 Å². The molecule has 0 bridgehead atoms. The summed E-state index contributed by atoms with van der Waals surface area (Å²) >= 11 is 0. The summed E-state index contributed by atoms with van der Waals surface area (Å²) in [4.78, 5) is 28.2. The molecule has 0 radical (unpaired) electrons. The highest BCUT2D eigenvalue weighted by Gasteiger charge is 2.39. The average molecular weight is 346 g/mol. The molecule has 2 aliphatic heterocycles. The third kappa shape index (κ3) is 4.37. The summed E-state index contributed by atoms with van der Waals surface area (Å²) < 4.78 is 5.25. The Kier molecular flexibility index (Phi) is 6.68. The summed E-state index contributed by atoms with van der Waals surface area (Å²) in [6.07, 6.45) is 5.90. The lowest BCUT2D eigenvalue weighted by Gasteiger charge is -2.29. The smallest absolute Gasteiger partial charge is 0.242 e. The molecule has 2 saturated heterocycles. The fraction of sp³-hybridized carbons (Fsp3) is 0.875. The SMILES string of the molecule is CN(CC(=O)N1CCOCC1)C(=O)C1CC2CCCCC2N1.Cl. The first-order valence-electron chi connectivity index (χ1n) is 8.51. The first-order valence-corrected chi connectivity index (χ1v) is 8.51. The number of nitrogens with one attached hydrogen (secondary N) is 1. The highest BCUT2D eigenvalue weighted by Crippen LogP contribution is 2.33. The first kappa shape index (κ1) is 18.5. The van der Waals surface area contributed by atoms with E-state index >= 15 is 0 Å². The molecule has 0 aromatic heterocycles. The molecule has 2 amide bonds. The van der Waals surface area contributed by atoms with Crippen LogP contribution in [0, 0.1) is 5.92 Å². The van der Waals surface area contributed by atoms with E-state index < -0.39 is 0 Å². The van der Waals surface area contributed by atoms with Crippen LogP contribution in [0.3, 0.4) is 0 Å². The number of amides is 2. The average Bonchev–Trinajstić information content (AvgIpc) is 2.98. The lowest BCUT2D eigenvalue weighted by atomic mass is 9.85. The number of morpholine rings is 1. The largest absolute Gasteiger partial charge is 0.378 e. The van der Waals surface area contributed by atoms with Gasteiger partial charge in [-0.05, 0) is 25.2 Å². The lowest BCUT2D eigenvalue weighted by Crippen LogP contribution is -2.49. The normalized spacial score (nSPS) is 30.3. The Labute approximate surface area is 144 Å². The van der Waals surface area contributed by atoms with Crippen LogP contribution < -0.4 is 5.32 Å². The van der Waals surface area contributed by atoms with Crippen LogP contribution in [0.5, 0.6) is 0 Å². The maximum atomic E-state index is 12.6. The van der Waals surface area contributed by atoms with E-state index in [9.17, 15) is 9.59 Å². The van der Waals surface area contributed by atoms with E-state index in [0.29, 0.717) is 38.3 Å². The molecular formula is C16H28ClN3O3. The van der Waals surface area contributed by atoms with Gasteiger partial charge in [0, 0.05) is 26.2 Å². The van der Waals surface area contributed by atoms with Gasteiger partial charge in [0.25, 0.3) is 0 Å². The molecule has 0 aromatic carbocycles. The van der Waals surface area contributed by atoms with E-state index in [1.54, 1.807) is 16.8 Å². The van der Waals surface area contributed by atoms with Gasteiger partial charge in [-0.15, -0.1) is 12.4 Å². The van der Waals surface area contributed by atoms with Gasteiger partial charge in [-0.3, -0.25) is 9.59 Å². The molecule has 3 atom stereocenters. The second-order valence-corrected chi connectivity index (χ2v) is 6.79. The quantitative estimate of drug-likeness (QED) is 0.815. The summed E-state index contributed by atoms with van der Waals surface area (Å²) in [5.74, 6) is 0.733. The number of carbonyl (C=O) groups is 2. The summed E-state index contributed by atoms with van der Waals surface area (Å²) in [6.45, 7) is 2.62. The molecule has 23 heavy (non-hydrogen) atoms. The molecule has 3 fully saturated rings. The van der Waals surface area contributed by atoms with Crippen LogP contribution in [0.4, 0.5) is 0 Å². The summed E-state index contributed by atoms with van der Waals surface area (Å²) in [5, 5.41) is 3.49. The van der Waals surface area contributed by atoms with Crippen LogP contribution in [0.2, 0.25) is 0 Å². The van der Waals surface area contributed by atoms with Crippen LogP contribution in [0.25, 0.3) is 0 Å². The Bertz CT molecular complexity index is 415. The van der Waals surface area contributed by atoms with Crippen LogP contribution in [0.15, 0.2) is 0 Å². The Morgan fingerprint density at radius 3 is 2.61 bits per heavy atom. The molecule has 7 heteroatoms. The number of likely N-dealkylation sites (N-methyl/N-ethyl adjacent to an activating group) is 1. The minimum absolute atomic E-state index is 0. The lowest BCUT2D eigenvalue weighted by molar-refractivity contribution is -0.142. The molecule has 3 unspecified atom stereocenters. The number of hydrogen-bond donors (Lipinski definition) is 1. The van der Waals surface area contributed by atoms with Gasteiger partial charge in [0.2, 0.25) is 11.8 Å². The first-order chi connectivity index (χ1) is 10.6. The van der Waals surface area contributed by atoms with Crippen molar-refractivity contribution in [1.29, 1.82) is 0 Å². The van der Waals surface area contributed by atoms with Gasteiger partial charge >= 0.3 is 0 Å². The predicted molar refractivity (Wildman–Crippen MR) is 89.6 cm³/mol. The standard InChI is InChI=1S/C16H27N3O3.ClH/c1-18(11-15(20)19-6-8-22-9-7-19)16(21)14-10-12-4-2-3-5-13(12)17-14;/h12-14,17H,2-11H2,1H3;1H. The second-order valence-electron chi connectivity index (χ2n) is 6.79. The Morgan fingerprint density at radius 1 is 1.22 bits per heavy atom. The number of halogens is 1. The summed E-state index contributed by atoms with van der Waals surface area (Å²) in [7, 11) is 1.74. The van der Waals surface area contributed by atoms with Crippen molar-refractivity contribution in [2.75, 3.05) is 39.9 Å². The zero-order chi connectivity index (χ0) is 15.5. The van der Waals surface area contributed by atoms with E-state index in [1.165, 1.54) is 25.7 Å². The minimum atomic E-state index is -0.101. The third-order valence-corrected chi connectivity index (χ3v) is 5.27. The highest BCUT2D eigenvalue weighted by molar-refractivity contribution is 5.87. The zero-order valence-corrected chi connectivity index (χ0v) is 14.6. The van der Waals surface area contributed by atoms with Crippen molar-refractivity contribution >= 4 is 24.2 Å². The molecule has 3 rings (SSSR count). The number of rotatable bonds is 3. The highest BCUT2D eigenvalue weighted by atomic mass is 35.5. The van der Waals surface area contributed by atoms with Gasteiger partial charge in [-0.2, -0.15) is 0 Å². The number of fused-ring (bicyclic) bond motifs is 1. The summed E-state index contributed by atoms with van der Waals surface area (Å²) in [6, 6.07) is 0.404. The topological polar surface area (TPSA) is 61.9 Å². The van der Waals surface area contributed by atoms with Crippen LogP contribution in [-0.4, -0.2) is 73.6 Å². The van der Waals surface area contributed by atoms with Gasteiger partial charge in [0.05, 0.1) is 25.8 Å². The molecular weight excluding hydrogens is 318 g/mol. The maximum absolute atomic E-state index is 12.6. The summed E-state index contributed by atoms with van der Waals surface area (Å²) in [5.41, 5.74) is 0. The number of ether oxygens (including phenoxy) is 1. The Morgan fingerprint density at radius 2 is 1.91 bits per heavy atom. The molecule has 1 N–H and O–H groups in total. The van der Waals surface area contributed by atoms with Crippen LogP contribution >= 0.6 is 12.4 Å². The fourth-order valence-electron chi connectivity index (χ4n) is 3.97. The van der Waals surface area contributed by atoms with Crippen molar-refractivity contribution in [2.45, 2.75) is 44.2 Å². The molecule has 3 aliphatic rings. The van der Waals surface area contributed by atoms with E-state index in [1.807, 2.05) is 0 Å². The monoisotopic (exact) mass is 345 g/mol. The fourth-order valence-corrected chi connectivity index (χ4v) is 3.97. The minimum Gasteiger partial charge on any atom is -0.378 e. The molecule has 132 valence electrons. The van der Waals surface area contributed by atoms with Gasteiger partial charge in [-0.1, -0.05) is 12.8 Å². The van der Waals surface area contributed by atoms with Crippen molar-refractivity contribution in [2.24, 2.45) is 5.92 Å². The van der Waals surface area contributed by atoms with Crippen molar-refractivity contribution in [3.05, 3.63) is 0 Å². The van der Waals surface area contributed by atoms with E-state index in [2.05, 4.69) is 5.32 Å². The van der Waals surface area contributed by atoms with Crippen LogP contribution in [0.1, 0.15) is 32.1 Å². The van der Waals surface area contributed by atoms with Gasteiger partial charge < -0.3 is 19.9 Å². The molecule has 1 aliphatic carbocycles. The zero-order valence-electron chi connectivity index (χ0n) is 13.8. The molecule has 0 aromatic rings. The third-order valence-electron chi connectivity index (χ3n) is 5.27. The maximum Gasteiger partial charge on any atom is 0.242 e. The predicted octanol–water partition coefficient (Wildman–Crippen LogP) is 0.646. The molecule has 6 nitrogen and oxygen atoms in total. The Hall–Kier alpha value is -0.850. The van der Waals surface area contributed by atoms with E-state index in [4.69, 9.17) is 4.74 Å². The van der Waals surface area contributed by atoms with E-state index in [0.717, 1.165) is 6.42 Å². The van der Waals surface area contributed by atoms with Crippen molar-refractivity contribution < 1.29 is 14.3 Å². The van der Waals surface area contributed by atoms with Gasteiger partial charge in [-0.25, -0.2) is 0 Å². The van der Waals surface area contributed by atoms with E-state index in [-0.39, 0.29) is 36.8 Å². The number of hydrogen-bond acceptors (Lipinski definition) is 4. The number of nitrogens with zero attached hydrogens (tertiary/aromatic N) is 2. The molecule has 1 saturated carbocycles.